The van der Waals surface area contributed by atoms with Gasteiger partial charge in [0.05, 0.1) is 12.0 Å². The molecule has 3 aromatic rings. The average molecular weight is 379 g/mol. The maximum absolute atomic E-state index is 13.2. The molecule has 0 saturated heterocycles. The second-order valence-electron chi connectivity index (χ2n) is 6.56. The highest BCUT2D eigenvalue weighted by Crippen LogP contribution is 2.36. The van der Waals surface area contributed by atoms with Gasteiger partial charge in [-0.05, 0) is 43.0 Å². The van der Waals surface area contributed by atoms with Gasteiger partial charge in [-0.3, -0.25) is 4.79 Å². The molecule has 2 heterocycles. The van der Waals surface area contributed by atoms with Gasteiger partial charge in [0.15, 0.2) is 0 Å². The third-order valence-corrected chi connectivity index (χ3v) is 5.62. The molecule has 2 aromatic carbocycles. The van der Waals surface area contributed by atoms with E-state index in [1.165, 1.54) is 11.2 Å². The van der Waals surface area contributed by atoms with Crippen molar-refractivity contribution in [2.24, 2.45) is 5.92 Å². The van der Waals surface area contributed by atoms with Crippen LogP contribution in [0.2, 0.25) is 0 Å². The lowest BCUT2D eigenvalue weighted by Gasteiger charge is -2.36. The highest BCUT2D eigenvalue weighted by atomic mass is 32.2. The number of aromatic nitrogens is 3. The molecule has 1 aliphatic heterocycles. The molecule has 3 atom stereocenters. The molecule has 1 aliphatic rings. The molecular formula is C20H21N5OS. The Morgan fingerprint density at radius 1 is 1.15 bits per heavy atom. The molecule has 0 aliphatic carbocycles. The van der Waals surface area contributed by atoms with Gasteiger partial charge >= 0.3 is 0 Å². The second kappa shape index (κ2) is 7.44. The zero-order chi connectivity index (χ0) is 18.8. The van der Waals surface area contributed by atoms with E-state index < -0.39 is 0 Å². The Morgan fingerprint density at radius 2 is 1.89 bits per heavy atom. The number of para-hydroxylation sites is 1. The first-order valence-electron chi connectivity index (χ1n) is 8.83. The highest BCUT2D eigenvalue weighted by Gasteiger charge is 2.41. The maximum atomic E-state index is 13.2. The van der Waals surface area contributed by atoms with Crippen molar-refractivity contribution in [3.05, 3.63) is 66.5 Å². The van der Waals surface area contributed by atoms with Crippen LogP contribution in [0.15, 0.2) is 65.8 Å². The normalized spacial score (nSPS) is 21.2. The quantitative estimate of drug-likeness (QED) is 0.677. The molecule has 4 rings (SSSR count). The van der Waals surface area contributed by atoms with Crippen LogP contribution in [0.4, 0.5) is 11.6 Å². The molecule has 6 nitrogen and oxygen atoms in total. The largest absolute Gasteiger partial charge is 0.351 e. The number of rotatable bonds is 4. The lowest BCUT2D eigenvalue weighted by Crippen LogP contribution is -2.46. The van der Waals surface area contributed by atoms with Crippen LogP contribution < -0.4 is 10.6 Å². The molecule has 7 heteroatoms. The van der Waals surface area contributed by atoms with Gasteiger partial charge in [-0.15, -0.1) is 11.8 Å². The van der Waals surface area contributed by atoms with E-state index in [9.17, 15) is 4.79 Å². The van der Waals surface area contributed by atoms with Crippen LogP contribution >= 0.6 is 11.8 Å². The summed E-state index contributed by atoms with van der Waals surface area (Å²) in [5.41, 5.74) is 1.83. The second-order valence-corrected chi connectivity index (χ2v) is 7.44. The SMILES string of the molecule is CSc1ccc([C@@H]2[C@H](C(=O)Nc3ccccc3)[C@@H](C)Nc3ncnn32)cc1. The van der Waals surface area contributed by atoms with Crippen LogP contribution in [0.1, 0.15) is 18.5 Å². The van der Waals surface area contributed by atoms with Crippen molar-refractivity contribution in [3.8, 4) is 0 Å². The van der Waals surface area contributed by atoms with E-state index in [0.29, 0.717) is 5.95 Å². The van der Waals surface area contributed by atoms with Crippen molar-refractivity contribution in [1.29, 1.82) is 0 Å². The summed E-state index contributed by atoms with van der Waals surface area (Å²) in [6, 6.07) is 17.5. The summed E-state index contributed by atoms with van der Waals surface area (Å²) >= 11 is 1.69. The minimum Gasteiger partial charge on any atom is -0.351 e. The van der Waals surface area contributed by atoms with Gasteiger partial charge in [-0.25, -0.2) is 4.68 Å². The molecule has 1 amide bonds. The molecule has 2 N–H and O–H groups in total. The Balaban J connectivity index is 1.71. The first-order valence-corrected chi connectivity index (χ1v) is 10.1. The summed E-state index contributed by atoms with van der Waals surface area (Å²) in [6.07, 6.45) is 3.57. The summed E-state index contributed by atoms with van der Waals surface area (Å²) in [5, 5.41) is 10.7. The molecule has 1 aromatic heterocycles. The van der Waals surface area contributed by atoms with Crippen molar-refractivity contribution in [3.63, 3.8) is 0 Å². The van der Waals surface area contributed by atoms with Gasteiger partial charge < -0.3 is 10.6 Å². The van der Waals surface area contributed by atoms with Crippen molar-refractivity contribution in [2.75, 3.05) is 16.9 Å². The number of anilines is 2. The third-order valence-electron chi connectivity index (χ3n) is 4.87. The molecular weight excluding hydrogens is 358 g/mol. The number of carbonyl (C=O) groups is 1. The van der Waals surface area contributed by atoms with Gasteiger partial charge in [-0.1, -0.05) is 30.3 Å². The topological polar surface area (TPSA) is 71.8 Å². The Hall–Kier alpha value is -2.80. The summed E-state index contributed by atoms with van der Waals surface area (Å²) in [4.78, 5) is 18.7. The number of fused-ring (bicyclic) bond motifs is 1. The lowest BCUT2D eigenvalue weighted by atomic mass is 9.85. The first-order chi connectivity index (χ1) is 13.2. The van der Waals surface area contributed by atoms with Gasteiger partial charge in [0, 0.05) is 16.6 Å². The minimum atomic E-state index is -0.334. The number of thioether (sulfide) groups is 1. The number of nitrogens with one attached hydrogen (secondary N) is 2. The van der Waals surface area contributed by atoms with Crippen LogP contribution in [0.25, 0.3) is 0 Å². The maximum Gasteiger partial charge on any atom is 0.232 e. The van der Waals surface area contributed by atoms with Crippen LogP contribution in [0.3, 0.4) is 0 Å². The predicted octanol–water partition coefficient (Wildman–Crippen LogP) is 3.66. The number of hydrogen-bond acceptors (Lipinski definition) is 5. The Bertz CT molecular complexity index is 925. The van der Waals surface area contributed by atoms with E-state index in [1.54, 1.807) is 11.8 Å². The molecule has 0 radical (unpaired) electrons. The molecule has 138 valence electrons. The molecule has 0 spiro atoms. The van der Waals surface area contributed by atoms with Crippen molar-refractivity contribution >= 4 is 29.3 Å². The monoisotopic (exact) mass is 379 g/mol. The fourth-order valence-electron chi connectivity index (χ4n) is 3.54. The van der Waals surface area contributed by atoms with E-state index in [2.05, 4.69) is 45.0 Å². The predicted molar refractivity (Wildman–Crippen MR) is 108 cm³/mol. The third kappa shape index (κ3) is 3.42. The number of benzene rings is 2. The fraction of sp³-hybridized carbons (Fsp3) is 0.250. The zero-order valence-corrected chi connectivity index (χ0v) is 16.0. The van der Waals surface area contributed by atoms with Gasteiger partial charge in [0.2, 0.25) is 11.9 Å². The Labute approximate surface area is 162 Å². The van der Waals surface area contributed by atoms with Crippen LogP contribution in [-0.2, 0) is 4.79 Å². The summed E-state index contributed by atoms with van der Waals surface area (Å²) in [5.74, 6) is 0.311. The Morgan fingerprint density at radius 3 is 2.59 bits per heavy atom. The van der Waals surface area contributed by atoms with E-state index in [1.807, 2.05) is 48.2 Å². The standard InChI is InChI=1S/C20H21N5OS/c1-13-17(19(26)24-15-6-4-3-5-7-15)18(25-20(23-13)21-12-22-25)14-8-10-16(27-2)11-9-14/h3-13,17-18H,1-2H3,(H,24,26)(H,21,22,23)/t13-,17-,18-/m1/s1. The number of hydrogen-bond donors (Lipinski definition) is 2. The molecule has 27 heavy (non-hydrogen) atoms. The van der Waals surface area contributed by atoms with Crippen LogP contribution in [-0.4, -0.2) is 33.0 Å². The lowest BCUT2D eigenvalue weighted by molar-refractivity contribution is -0.121. The van der Waals surface area contributed by atoms with Crippen LogP contribution in [0, 0.1) is 5.92 Å². The van der Waals surface area contributed by atoms with E-state index in [0.717, 1.165) is 11.3 Å². The van der Waals surface area contributed by atoms with E-state index in [4.69, 9.17) is 0 Å². The number of nitrogens with zero attached hydrogens (tertiary/aromatic N) is 3. The summed E-state index contributed by atoms with van der Waals surface area (Å²) in [6.45, 7) is 2.01. The van der Waals surface area contributed by atoms with Gasteiger partial charge in [0.1, 0.15) is 6.33 Å². The molecule has 0 fully saturated rings. The van der Waals surface area contributed by atoms with Crippen LogP contribution in [0.5, 0.6) is 0 Å². The number of amides is 1. The van der Waals surface area contributed by atoms with Gasteiger partial charge in [-0.2, -0.15) is 10.1 Å². The summed E-state index contributed by atoms with van der Waals surface area (Å²) < 4.78 is 1.81. The first kappa shape index (κ1) is 17.6. The molecule has 0 unspecified atom stereocenters. The van der Waals surface area contributed by atoms with E-state index in [-0.39, 0.29) is 23.9 Å². The average Bonchev–Trinajstić information content (AvgIpc) is 3.15. The fourth-order valence-corrected chi connectivity index (χ4v) is 3.95. The summed E-state index contributed by atoms with van der Waals surface area (Å²) in [7, 11) is 0. The van der Waals surface area contributed by atoms with Gasteiger partial charge in [0.25, 0.3) is 0 Å². The smallest absolute Gasteiger partial charge is 0.232 e. The molecule has 0 saturated carbocycles. The van der Waals surface area contributed by atoms with Crippen molar-refractivity contribution in [2.45, 2.75) is 23.9 Å². The Kier molecular flexibility index (Phi) is 4.85. The number of carbonyl (C=O) groups excluding carboxylic acids is 1. The highest BCUT2D eigenvalue weighted by molar-refractivity contribution is 7.98. The molecule has 0 bridgehead atoms. The minimum absolute atomic E-state index is 0.0405. The van der Waals surface area contributed by atoms with Crippen molar-refractivity contribution < 1.29 is 4.79 Å². The van der Waals surface area contributed by atoms with Crippen molar-refractivity contribution in [1.82, 2.24) is 14.8 Å². The zero-order valence-electron chi connectivity index (χ0n) is 15.2. The van der Waals surface area contributed by atoms with E-state index >= 15 is 0 Å².